The molecule has 1 aromatic rings. The van der Waals surface area contributed by atoms with Gasteiger partial charge < -0.3 is 10.6 Å². The molecular formula is C10H13F3N4O2. The molecule has 0 aliphatic carbocycles. The van der Waals surface area contributed by atoms with E-state index in [0.29, 0.717) is 31.8 Å². The lowest BCUT2D eigenvalue weighted by molar-refractivity contribution is -0.384. The van der Waals surface area contributed by atoms with Crippen molar-refractivity contribution in [2.45, 2.75) is 12.6 Å². The Hall–Kier alpha value is -1.90. The molecule has 19 heavy (non-hydrogen) atoms. The standard InChI is InChI=1S/C10H13F3N4O2/c1-16(4-2-3-14)7-5-9(10(11,12)13)15-6-8(7)17(18)19/h5-6H,2-4,14H2,1H3. The third kappa shape index (κ3) is 3.78. The second kappa shape index (κ2) is 5.83. The zero-order valence-corrected chi connectivity index (χ0v) is 10.1. The minimum atomic E-state index is -4.64. The van der Waals surface area contributed by atoms with Crippen LogP contribution < -0.4 is 10.6 Å². The van der Waals surface area contributed by atoms with E-state index in [1.54, 1.807) is 0 Å². The third-order valence-electron chi connectivity index (χ3n) is 2.46. The third-order valence-corrected chi connectivity index (χ3v) is 2.46. The molecule has 1 heterocycles. The van der Waals surface area contributed by atoms with Gasteiger partial charge in [-0.2, -0.15) is 13.2 Å². The van der Waals surface area contributed by atoms with E-state index < -0.39 is 22.5 Å². The molecular weight excluding hydrogens is 265 g/mol. The molecule has 106 valence electrons. The first-order valence-electron chi connectivity index (χ1n) is 5.40. The summed E-state index contributed by atoms with van der Waals surface area (Å²) < 4.78 is 37.6. The molecule has 0 aromatic carbocycles. The van der Waals surface area contributed by atoms with Crippen LogP contribution in [0, 0.1) is 10.1 Å². The van der Waals surface area contributed by atoms with Gasteiger partial charge in [-0.1, -0.05) is 0 Å². The van der Waals surface area contributed by atoms with E-state index in [2.05, 4.69) is 4.98 Å². The second-order valence-electron chi connectivity index (χ2n) is 3.88. The molecule has 0 fully saturated rings. The maximum absolute atomic E-state index is 12.5. The Bertz CT molecular complexity index is 465. The van der Waals surface area contributed by atoms with Gasteiger partial charge >= 0.3 is 11.9 Å². The molecule has 0 amide bonds. The Balaban J connectivity index is 3.19. The van der Waals surface area contributed by atoms with Crippen LogP contribution in [0.3, 0.4) is 0 Å². The van der Waals surface area contributed by atoms with E-state index in [4.69, 9.17) is 5.73 Å². The summed E-state index contributed by atoms with van der Waals surface area (Å²) in [5.41, 5.74) is 3.55. The van der Waals surface area contributed by atoms with E-state index in [-0.39, 0.29) is 5.69 Å². The molecule has 0 bridgehead atoms. The van der Waals surface area contributed by atoms with Gasteiger partial charge in [0.2, 0.25) is 0 Å². The highest BCUT2D eigenvalue weighted by atomic mass is 19.4. The van der Waals surface area contributed by atoms with Crippen molar-refractivity contribution in [3.05, 3.63) is 28.1 Å². The first kappa shape index (κ1) is 15.2. The van der Waals surface area contributed by atoms with Crippen LogP contribution in [-0.2, 0) is 6.18 Å². The molecule has 0 spiro atoms. The van der Waals surface area contributed by atoms with Gasteiger partial charge in [-0.3, -0.25) is 10.1 Å². The minimum Gasteiger partial charge on any atom is -0.369 e. The van der Waals surface area contributed by atoms with Crippen LogP contribution in [0.4, 0.5) is 24.5 Å². The average molecular weight is 278 g/mol. The van der Waals surface area contributed by atoms with Crippen LogP contribution in [0.15, 0.2) is 12.3 Å². The van der Waals surface area contributed by atoms with E-state index in [1.165, 1.54) is 11.9 Å². The zero-order chi connectivity index (χ0) is 14.6. The Morgan fingerprint density at radius 3 is 2.63 bits per heavy atom. The molecule has 1 rings (SSSR count). The maximum atomic E-state index is 12.5. The highest BCUT2D eigenvalue weighted by molar-refractivity contribution is 5.62. The summed E-state index contributed by atoms with van der Waals surface area (Å²) in [6.45, 7) is 0.661. The number of hydrogen-bond donors (Lipinski definition) is 1. The molecule has 1 aromatic heterocycles. The summed E-state index contributed by atoms with van der Waals surface area (Å²) >= 11 is 0. The molecule has 6 nitrogen and oxygen atoms in total. The first-order chi connectivity index (χ1) is 8.77. The fraction of sp³-hybridized carbons (Fsp3) is 0.500. The fourth-order valence-electron chi connectivity index (χ4n) is 1.49. The van der Waals surface area contributed by atoms with Gasteiger partial charge in [-0.15, -0.1) is 0 Å². The van der Waals surface area contributed by atoms with Gasteiger partial charge in [-0.05, 0) is 19.0 Å². The van der Waals surface area contributed by atoms with Crippen LogP contribution in [0.1, 0.15) is 12.1 Å². The van der Waals surface area contributed by atoms with Crippen LogP contribution in [0.25, 0.3) is 0 Å². The van der Waals surface area contributed by atoms with Crippen molar-refractivity contribution >= 4 is 11.4 Å². The van der Waals surface area contributed by atoms with Gasteiger partial charge in [-0.25, -0.2) is 4.98 Å². The summed E-state index contributed by atoms with van der Waals surface area (Å²) in [6.07, 6.45) is -3.51. The number of nitrogens with two attached hydrogens (primary N) is 1. The lowest BCUT2D eigenvalue weighted by atomic mass is 10.2. The predicted octanol–water partition coefficient (Wildman–Crippen LogP) is 1.79. The van der Waals surface area contributed by atoms with Crippen molar-refractivity contribution < 1.29 is 18.1 Å². The molecule has 0 radical (unpaired) electrons. The van der Waals surface area contributed by atoms with Crippen molar-refractivity contribution in [1.29, 1.82) is 0 Å². The van der Waals surface area contributed by atoms with Crippen LogP contribution >= 0.6 is 0 Å². The molecule has 0 aliphatic rings. The van der Waals surface area contributed by atoms with E-state index in [1.807, 2.05) is 0 Å². The topological polar surface area (TPSA) is 85.3 Å². The normalized spacial score (nSPS) is 11.4. The van der Waals surface area contributed by atoms with E-state index >= 15 is 0 Å². The Labute approximate surface area is 107 Å². The van der Waals surface area contributed by atoms with Crippen molar-refractivity contribution in [2.24, 2.45) is 5.73 Å². The van der Waals surface area contributed by atoms with Crippen molar-refractivity contribution in [1.82, 2.24) is 4.98 Å². The maximum Gasteiger partial charge on any atom is 0.433 e. The molecule has 0 saturated carbocycles. The van der Waals surface area contributed by atoms with Gasteiger partial charge in [0.15, 0.2) is 0 Å². The number of pyridine rings is 1. The SMILES string of the molecule is CN(CCCN)c1cc(C(F)(F)F)ncc1[N+](=O)[O-]. The number of aromatic nitrogens is 1. The largest absolute Gasteiger partial charge is 0.433 e. The number of rotatable bonds is 5. The fourth-order valence-corrected chi connectivity index (χ4v) is 1.49. The smallest absolute Gasteiger partial charge is 0.369 e. The predicted molar refractivity (Wildman–Crippen MR) is 62.8 cm³/mol. The molecule has 0 atom stereocenters. The molecule has 9 heteroatoms. The molecule has 2 N–H and O–H groups in total. The summed E-state index contributed by atoms with van der Waals surface area (Å²) in [5.74, 6) is 0. The quantitative estimate of drug-likeness (QED) is 0.655. The van der Waals surface area contributed by atoms with Crippen molar-refractivity contribution in [2.75, 3.05) is 25.0 Å². The Kier molecular flexibility index (Phi) is 4.65. The highest BCUT2D eigenvalue weighted by Gasteiger charge is 2.34. The minimum absolute atomic E-state index is 0.124. The number of nitro groups is 1. The van der Waals surface area contributed by atoms with Crippen LogP contribution in [0.5, 0.6) is 0 Å². The lowest BCUT2D eigenvalue weighted by Gasteiger charge is -2.19. The van der Waals surface area contributed by atoms with E-state index in [0.717, 1.165) is 0 Å². The van der Waals surface area contributed by atoms with Gasteiger partial charge in [0.25, 0.3) is 0 Å². The van der Waals surface area contributed by atoms with Crippen molar-refractivity contribution in [3.63, 3.8) is 0 Å². The van der Waals surface area contributed by atoms with Crippen molar-refractivity contribution in [3.8, 4) is 0 Å². The lowest BCUT2D eigenvalue weighted by Crippen LogP contribution is -2.23. The summed E-state index contributed by atoms with van der Waals surface area (Å²) in [6, 6.07) is 0.675. The Morgan fingerprint density at radius 2 is 2.16 bits per heavy atom. The van der Waals surface area contributed by atoms with Gasteiger partial charge in [0, 0.05) is 13.6 Å². The molecule has 0 aliphatic heterocycles. The molecule has 0 unspecified atom stereocenters. The monoisotopic (exact) mass is 278 g/mol. The number of halogens is 3. The highest BCUT2D eigenvalue weighted by Crippen LogP contribution is 2.34. The van der Waals surface area contributed by atoms with Gasteiger partial charge in [0.1, 0.15) is 17.6 Å². The second-order valence-corrected chi connectivity index (χ2v) is 3.88. The number of hydrogen-bond acceptors (Lipinski definition) is 5. The Morgan fingerprint density at radius 1 is 1.53 bits per heavy atom. The molecule has 0 saturated heterocycles. The number of nitrogens with zero attached hydrogens (tertiary/aromatic N) is 3. The first-order valence-corrected chi connectivity index (χ1v) is 5.40. The van der Waals surface area contributed by atoms with Gasteiger partial charge in [0.05, 0.1) is 4.92 Å². The summed E-state index contributed by atoms with van der Waals surface area (Å²) in [4.78, 5) is 14.5. The summed E-state index contributed by atoms with van der Waals surface area (Å²) in [7, 11) is 1.47. The zero-order valence-electron chi connectivity index (χ0n) is 10.1. The number of alkyl halides is 3. The van der Waals surface area contributed by atoms with E-state index in [9.17, 15) is 23.3 Å². The average Bonchev–Trinajstić information content (AvgIpc) is 2.33. The van der Waals surface area contributed by atoms with Crippen LogP contribution in [-0.4, -0.2) is 30.0 Å². The van der Waals surface area contributed by atoms with Crippen LogP contribution in [0.2, 0.25) is 0 Å². The summed E-state index contributed by atoms with van der Waals surface area (Å²) in [5, 5.41) is 10.8. The number of anilines is 1.